The number of aromatic nitrogens is 5. The van der Waals surface area contributed by atoms with Crippen LogP contribution in [0.2, 0.25) is 0 Å². The predicted molar refractivity (Wildman–Crippen MR) is 131 cm³/mol. The summed E-state index contributed by atoms with van der Waals surface area (Å²) in [5, 5.41) is 0. The van der Waals surface area contributed by atoms with E-state index in [4.69, 9.17) is 9.97 Å². The van der Waals surface area contributed by atoms with Gasteiger partial charge in [-0.3, -0.25) is 14.3 Å². The number of fused-ring (bicyclic) bond motifs is 2. The van der Waals surface area contributed by atoms with Gasteiger partial charge in [-0.1, -0.05) is 30.8 Å². The number of hydrogen-bond donors (Lipinski definition) is 1. The predicted octanol–water partition coefficient (Wildman–Crippen LogP) is 3.45. The number of thiazole rings is 1. The normalized spacial score (nSPS) is 16.9. The van der Waals surface area contributed by atoms with Crippen LogP contribution in [0.25, 0.3) is 21.4 Å². The maximum atomic E-state index is 12.7. The molecule has 1 aliphatic heterocycles. The SMILES string of the molecule is C[C@H]1CCCN(c2nc3c(c(=O)[nH]c(=O)n3C)n2CCCSc2nc3ccccc3s2)C1. The zero-order chi connectivity index (χ0) is 22.2. The molecule has 1 aliphatic rings. The fraction of sp³-hybridized carbons (Fsp3) is 0.455. The van der Waals surface area contributed by atoms with Gasteiger partial charge in [0.15, 0.2) is 15.5 Å². The van der Waals surface area contributed by atoms with Gasteiger partial charge in [-0.2, -0.15) is 4.98 Å². The summed E-state index contributed by atoms with van der Waals surface area (Å²) in [5.41, 5.74) is 1.16. The lowest BCUT2D eigenvalue weighted by atomic mass is 10.0. The third-order valence-corrected chi connectivity index (χ3v) is 8.22. The number of imidazole rings is 1. The van der Waals surface area contributed by atoms with Crippen molar-refractivity contribution in [2.45, 2.75) is 37.1 Å². The quantitative estimate of drug-likeness (QED) is 0.343. The van der Waals surface area contributed by atoms with Crippen molar-refractivity contribution in [2.24, 2.45) is 13.0 Å². The highest BCUT2D eigenvalue weighted by molar-refractivity contribution is 8.01. The molecule has 0 saturated carbocycles. The van der Waals surface area contributed by atoms with E-state index < -0.39 is 5.69 Å². The van der Waals surface area contributed by atoms with E-state index in [1.54, 1.807) is 30.1 Å². The van der Waals surface area contributed by atoms with E-state index in [1.807, 2.05) is 22.8 Å². The van der Waals surface area contributed by atoms with Gasteiger partial charge in [0.05, 0.1) is 10.2 Å². The molecule has 8 nitrogen and oxygen atoms in total. The summed E-state index contributed by atoms with van der Waals surface area (Å²) in [6, 6.07) is 8.18. The number of nitrogens with one attached hydrogen (secondary N) is 1. The molecule has 0 spiro atoms. The van der Waals surface area contributed by atoms with Gasteiger partial charge in [-0.25, -0.2) is 9.78 Å². The highest BCUT2D eigenvalue weighted by atomic mass is 32.2. The molecule has 32 heavy (non-hydrogen) atoms. The average Bonchev–Trinajstić information content (AvgIpc) is 3.37. The first-order chi connectivity index (χ1) is 15.5. The number of aromatic amines is 1. The second-order valence-electron chi connectivity index (χ2n) is 8.40. The minimum Gasteiger partial charge on any atom is -0.342 e. The number of piperidine rings is 1. The lowest BCUT2D eigenvalue weighted by molar-refractivity contribution is 0.438. The maximum Gasteiger partial charge on any atom is 0.329 e. The van der Waals surface area contributed by atoms with Crippen molar-refractivity contribution in [3.63, 3.8) is 0 Å². The number of rotatable bonds is 6. The van der Waals surface area contributed by atoms with Gasteiger partial charge in [0.1, 0.15) is 0 Å². The number of nitrogens with zero attached hydrogens (tertiary/aromatic N) is 5. The summed E-state index contributed by atoms with van der Waals surface area (Å²) in [6.45, 7) is 4.74. The highest BCUT2D eigenvalue weighted by Crippen LogP contribution is 2.30. The first-order valence-corrected chi connectivity index (χ1v) is 12.7. The van der Waals surface area contributed by atoms with E-state index in [2.05, 4.69) is 22.9 Å². The molecule has 1 atom stereocenters. The van der Waals surface area contributed by atoms with E-state index in [1.165, 1.54) is 15.7 Å². The fourth-order valence-electron chi connectivity index (χ4n) is 4.34. The van der Waals surface area contributed by atoms with E-state index in [9.17, 15) is 9.59 Å². The second kappa shape index (κ2) is 8.74. The van der Waals surface area contributed by atoms with Crippen LogP contribution < -0.4 is 16.1 Å². The molecule has 10 heteroatoms. The molecule has 3 aromatic heterocycles. The van der Waals surface area contributed by atoms with Crippen molar-refractivity contribution >= 4 is 50.4 Å². The first kappa shape index (κ1) is 21.3. The van der Waals surface area contributed by atoms with E-state index in [0.29, 0.717) is 23.6 Å². The lowest BCUT2D eigenvalue weighted by Crippen LogP contribution is -2.36. The van der Waals surface area contributed by atoms with Gasteiger partial charge in [-0.05, 0) is 37.3 Å². The highest BCUT2D eigenvalue weighted by Gasteiger charge is 2.24. The molecule has 0 unspecified atom stereocenters. The minimum atomic E-state index is -0.433. The number of para-hydroxylation sites is 1. The van der Waals surface area contributed by atoms with Crippen molar-refractivity contribution in [1.29, 1.82) is 0 Å². The summed E-state index contributed by atoms with van der Waals surface area (Å²) >= 11 is 3.46. The Morgan fingerprint density at radius 3 is 2.91 bits per heavy atom. The average molecular weight is 471 g/mol. The van der Waals surface area contributed by atoms with Crippen molar-refractivity contribution in [1.82, 2.24) is 24.1 Å². The molecule has 1 aromatic carbocycles. The molecule has 168 valence electrons. The molecule has 1 fully saturated rings. The number of thioether (sulfide) groups is 1. The molecule has 4 aromatic rings. The Balaban J connectivity index is 1.41. The molecule has 0 radical (unpaired) electrons. The smallest absolute Gasteiger partial charge is 0.329 e. The van der Waals surface area contributed by atoms with E-state index in [0.717, 1.165) is 47.5 Å². The van der Waals surface area contributed by atoms with Gasteiger partial charge in [-0.15, -0.1) is 11.3 Å². The van der Waals surface area contributed by atoms with Crippen LogP contribution in [0, 0.1) is 5.92 Å². The molecule has 5 rings (SSSR count). The molecular weight excluding hydrogens is 444 g/mol. The summed E-state index contributed by atoms with van der Waals surface area (Å²) in [5.74, 6) is 2.26. The minimum absolute atomic E-state index is 0.370. The van der Waals surface area contributed by atoms with Crippen LogP contribution in [-0.4, -0.2) is 42.9 Å². The number of hydrogen-bond acceptors (Lipinski definition) is 7. The van der Waals surface area contributed by atoms with Crippen LogP contribution in [0.1, 0.15) is 26.2 Å². The molecule has 1 N–H and O–H groups in total. The largest absolute Gasteiger partial charge is 0.342 e. The van der Waals surface area contributed by atoms with Crippen LogP contribution >= 0.6 is 23.1 Å². The van der Waals surface area contributed by atoms with Gasteiger partial charge in [0, 0.05) is 32.4 Å². The number of H-pyrrole nitrogens is 1. The van der Waals surface area contributed by atoms with Gasteiger partial charge in [0.2, 0.25) is 5.95 Å². The zero-order valence-corrected chi connectivity index (χ0v) is 19.8. The summed E-state index contributed by atoms with van der Waals surface area (Å²) in [7, 11) is 1.66. The van der Waals surface area contributed by atoms with Gasteiger partial charge >= 0.3 is 5.69 Å². The molecule has 0 amide bonds. The summed E-state index contributed by atoms with van der Waals surface area (Å²) in [6.07, 6.45) is 3.17. The van der Waals surface area contributed by atoms with Crippen molar-refractivity contribution < 1.29 is 0 Å². The number of aryl methyl sites for hydroxylation is 2. The van der Waals surface area contributed by atoms with E-state index in [-0.39, 0.29) is 5.56 Å². The Morgan fingerprint density at radius 1 is 1.25 bits per heavy atom. The third kappa shape index (κ3) is 3.97. The van der Waals surface area contributed by atoms with Crippen LogP contribution in [-0.2, 0) is 13.6 Å². The molecule has 4 heterocycles. The Kier molecular flexibility index (Phi) is 5.81. The zero-order valence-electron chi connectivity index (χ0n) is 18.2. The van der Waals surface area contributed by atoms with Crippen molar-refractivity contribution in [3.8, 4) is 0 Å². The molecular formula is C22H26N6O2S2. The van der Waals surface area contributed by atoms with Crippen molar-refractivity contribution in [3.05, 3.63) is 45.1 Å². The second-order valence-corrected chi connectivity index (χ2v) is 10.8. The monoisotopic (exact) mass is 470 g/mol. The van der Waals surface area contributed by atoms with Gasteiger partial charge < -0.3 is 9.47 Å². The van der Waals surface area contributed by atoms with Crippen LogP contribution in [0.3, 0.4) is 0 Å². The van der Waals surface area contributed by atoms with Crippen LogP contribution in [0.5, 0.6) is 0 Å². The molecule has 0 aliphatic carbocycles. The van der Waals surface area contributed by atoms with Gasteiger partial charge in [0.25, 0.3) is 5.56 Å². The van der Waals surface area contributed by atoms with E-state index >= 15 is 0 Å². The number of benzene rings is 1. The Hall–Kier alpha value is -2.59. The Bertz CT molecular complexity index is 1350. The third-order valence-electron chi connectivity index (χ3n) is 5.95. The van der Waals surface area contributed by atoms with Crippen LogP contribution in [0.4, 0.5) is 5.95 Å². The number of anilines is 1. The maximum absolute atomic E-state index is 12.7. The Morgan fingerprint density at radius 2 is 2.09 bits per heavy atom. The summed E-state index contributed by atoms with van der Waals surface area (Å²) in [4.78, 5) is 39.0. The van der Waals surface area contributed by atoms with Crippen LogP contribution in [0.15, 0.2) is 38.2 Å². The van der Waals surface area contributed by atoms with Crippen molar-refractivity contribution in [2.75, 3.05) is 23.7 Å². The molecule has 1 saturated heterocycles. The topological polar surface area (TPSA) is 88.8 Å². The Labute approximate surface area is 193 Å². The standard InChI is InChI=1S/C22H26N6O2S2/c1-14-7-5-10-27(13-14)20-24-18-17(19(29)25-21(30)26(18)2)28(20)11-6-12-31-22-23-15-8-3-4-9-16(15)32-22/h3-4,8-9,14H,5-7,10-13H2,1-2H3,(H,25,29,30)/t14-/m0/s1. The summed E-state index contributed by atoms with van der Waals surface area (Å²) < 4.78 is 5.70. The fourth-order valence-corrected chi connectivity index (χ4v) is 6.41. The lowest BCUT2D eigenvalue weighted by Gasteiger charge is -2.32. The first-order valence-electron chi connectivity index (χ1n) is 10.9. The molecule has 0 bridgehead atoms.